The largest absolute Gasteiger partial charge is 0.360 e. The fourth-order valence-corrected chi connectivity index (χ4v) is 3.25. The monoisotopic (exact) mass is 368 g/mol. The van der Waals surface area contributed by atoms with Gasteiger partial charge in [-0.3, -0.25) is 4.79 Å². The molecule has 1 aromatic carbocycles. The second-order valence-electron chi connectivity index (χ2n) is 3.80. The molecule has 2 heterocycles. The highest BCUT2D eigenvalue weighted by atomic mass is 127. The van der Waals surface area contributed by atoms with Crippen LogP contribution in [0.3, 0.4) is 0 Å². The fourth-order valence-electron chi connectivity index (χ4n) is 1.85. The van der Waals surface area contributed by atoms with Crippen molar-refractivity contribution in [2.24, 2.45) is 0 Å². The Bertz CT molecular complexity index is 703. The number of hydrogen-bond donors (Lipinski definition) is 2. The summed E-state index contributed by atoms with van der Waals surface area (Å²) in [7, 11) is 0. The number of amides is 1. The molecular formula is C13H9IN2OS. The molecule has 0 aliphatic rings. The molecule has 3 rings (SSSR count). The Morgan fingerprint density at radius 1 is 1.28 bits per heavy atom. The predicted molar refractivity (Wildman–Crippen MR) is 83.3 cm³/mol. The quantitative estimate of drug-likeness (QED) is 0.658. The summed E-state index contributed by atoms with van der Waals surface area (Å²) in [5, 5.41) is 6.68. The number of aromatic nitrogens is 1. The number of H-pyrrole nitrogens is 1. The average molecular weight is 368 g/mol. The number of carbonyl (C=O) groups is 1. The summed E-state index contributed by atoms with van der Waals surface area (Å²) in [4.78, 5) is 15.3. The average Bonchev–Trinajstić information content (AvgIpc) is 2.97. The molecule has 0 unspecified atom stereocenters. The van der Waals surface area contributed by atoms with Crippen molar-refractivity contribution in [3.05, 3.63) is 51.0 Å². The third-order valence-electron chi connectivity index (χ3n) is 2.66. The van der Waals surface area contributed by atoms with Crippen molar-refractivity contribution in [1.29, 1.82) is 0 Å². The van der Waals surface area contributed by atoms with Crippen molar-refractivity contribution in [1.82, 2.24) is 4.98 Å². The van der Waals surface area contributed by atoms with E-state index >= 15 is 0 Å². The zero-order chi connectivity index (χ0) is 12.5. The third-order valence-corrected chi connectivity index (χ3v) is 4.34. The molecule has 0 saturated heterocycles. The van der Waals surface area contributed by atoms with E-state index in [2.05, 4.69) is 32.9 Å². The molecule has 0 bridgehead atoms. The molecule has 18 heavy (non-hydrogen) atoms. The maximum atomic E-state index is 12.2. The first-order chi connectivity index (χ1) is 8.75. The van der Waals surface area contributed by atoms with Gasteiger partial charge in [0, 0.05) is 20.7 Å². The van der Waals surface area contributed by atoms with Crippen molar-refractivity contribution in [3.63, 3.8) is 0 Å². The van der Waals surface area contributed by atoms with E-state index in [0.29, 0.717) is 5.56 Å². The Morgan fingerprint density at radius 2 is 2.17 bits per heavy atom. The van der Waals surface area contributed by atoms with E-state index in [1.165, 1.54) is 11.3 Å². The van der Waals surface area contributed by atoms with Gasteiger partial charge in [-0.15, -0.1) is 11.3 Å². The highest BCUT2D eigenvalue weighted by Crippen LogP contribution is 2.25. The van der Waals surface area contributed by atoms with Crippen molar-refractivity contribution < 1.29 is 4.79 Å². The molecule has 0 aliphatic heterocycles. The Hall–Kier alpha value is -1.34. The second-order valence-corrected chi connectivity index (χ2v) is 5.91. The zero-order valence-electron chi connectivity index (χ0n) is 9.24. The van der Waals surface area contributed by atoms with Crippen LogP contribution in [0.5, 0.6) is 0 Å². The summed E-state index contributed by atoms with van der Waals surface area (Å²) < 4.78 is 1.07. The van der Waals surface area contributed by atoms with Crippen LogP contribution >= 0.6 is 33.9 Å². The molecular weight excluding hydrogens is 359 g/mol. The van der Waals surface area contributed by atoms with E-state index in [9.17, 15) is 4.79 Å². The normalized spacial score (nSPS) is 10.7. The highest BCUT2D eigenvalue weighted by molar-refractivity contribution is 14.1. The van der Waals surface area contributed by atoms with Crippen LogP contribution in [-0.2, 0) is 0 Å². The van der Waals surface area contributed by atoms with Gasteiger partial charge in [0.1, 0.15) is 0 Å². The van der Waals surface area contributed by atoms with Crippen LogP contribution in [0, 0.1) is 3.57 Å². The number of benzene rings is 1. The predicted octanol–water partition coefficient (Wildman–Crippen LogP) is 4.09. The van der Waals surface area contributed by atoms with Crippen LogP contribution < -0.4 is 5.32 Å². The first-order valence-electron chi connectivity index (χ1n) is 5.36. The van der Waals surface area contributed by atoms with Crippen molar-refractivity contribution in [2.45, 2.75) is 0 Å². The third kappa shape index (κ3) is 2.04. The van der Waals surface area contributed by atoms with Crippen LogP contribution in [0.1, 0.15) is 10.4 Å². The van der Waals surface area contributed by atoms with Gasteiger partial charge in [0.2, 0.25) is 0 Å². The zero-order valence-corrected chi connectivity index (χ0v) is 12.2. The van der Waals surface area contributed by atoms with Crippen LogP contribution in [0.2, 0.25) is 0 Å². The topological polar surface area (TPSA) is 44.9 Å². The molecule has 0 saturated carbocycles. The smallest absolute Gasteiger partial charge is 0.258 e. The SMILES string of the molecule is O=C(Nc1cccs1)c1c[nH]c2cccc(I)c12. The molecule has 3 nitrogen and oxygen atoms in total. The molecule has 0 spiro atoms. The van der Waals surface area contributed by atoms with Gasteiger partial charge in [0.25, 0.3) is 5.91 Å². The fraction of sp³-hybridized carbons (Fsp3) is 0. The number of nitrogens with one attached hydrogen (secondary N) is 2. The minimum atomic E-state index is -0.0761. The number of hydrogen-bond acceptors (Lipinski definition) is 2. The number of halogens is 1. The number of carbonyl (C=O) groups excluding carboxylic acids is 1. The molecule has 0 atom stereocenters. The molecule has 1 amide bonds. The molecule has 0 fully saturated rings. The first kappa shape index (κ1) is 11.7. The van der Waals surface area contributed by atoms with Gasteiger partial charge >= 0.3 is 0 Å². The highest BCUT2D eigenvalue weighted by Gasteiger charge is 2.14. The van der Waals surface area contributed by atoms with Crippen LogP contribution in [0.4, 0.5) is 5.00 Å². The number of thiophene rings is 1. The minimum Gasteiger partial charge on any atom is -0.360 e. The maximum absolute atomic E-state index is 12.2. The van der Waals surface area contributed by atoms with Crippen LogP contribution in [-0.4, -0.2) is 10.9 Å². The van der Waals surface area contributed by atoms with Crippen molar-refractivity contribution in [3.8, 4) is 0 Å². The number of aromatic amines is 1. The van der Waals surface area contributed by atoms with Gasteiger partial charge in [-0.05, 0) is 52.2 Å². The molecule has 2 N–H and O–H groups in total. The van der Waals surface area contributed by atoms with Gasteiger partial charge in [-0.25, -0.2) is 0 Å². The number of rotatable bonds is 2. The summed E-state index contributed by atoms with van der Waals surface area (Å²) in [5.41, 5.74) is 1.67. The standard InChI is InChI=1S/C13H9IN2OS/c14-9-3-1-4-10-12(9)8(7-15-10)13(17)16-11-5-2-6-18-11/h1-7,15H,(H,16,17). The molecule has 5 heteroatoms. The van der Waals surface area contributed by atoms with Crippen LogP contribution in [0.25, 0.3) is 10.9 Å². The molecule has 2 aromatic heterocycles. The maximum Gasteiger partial charge on any atom is 0.258 e. The molecule has 0 radical (unpaired) electrons. The van der Waals surface area contributed by atoms with Crippen molar-refractivity contribution >= 4 is 55.7 Å². The summed E-state index contributed by atoms with van der Waals surface area (Å²) in [5.74, 6) is -0.0761. The molecule has 0 aliphatic carbocycles. The summed E-state index contributed by atoms with van der Waals surface area (Å²) in [6.45, 7) is 0. The van der Waals surface area contributed by atoms with Gasteiger partial charge < -0.3 is 10.3 Å². The van der Waals surface area contributed by atoms with Crippen LogP contribution in [0.15, 0.2) is 41.9 Å². The molecule has 90 valence electrons. The Morgan fingerprint density at radius 3 is 2.94 bits per heavy atom. The lowest BCUT2D eigenvalue weighted by Gasteiger charge is -2.02. The molecule has 3 aromatic rings. The van der Waals surface area contributed by atoms with E-state index in [-0.39, 0.29) is 5.91 Å². The Balaban J connectivity index is 2.02. The van der Waals surface area contributed by atoms with Crippen molar-refractivity contribution in [2.75, 3.05) is 5.32 Å². The summed E-state index contributed by atoms with van der Waals surface area (Å²) >= 11 is 3.76. The van der Waals surface area contributed by atoms with Gasteiger partial charge in [-0.2, -0.15) is 0 Å². The van der Waals surface area contributed by atoms with Gasteiger partial charge in [-0.1, -0.05) is 6.07 Å². The summed E-state index contributed by atoms with van der Waals surface area (Å²) in [6.07, 6.45) is 1.76. The van der Waals surface area contributed by atoms with Gasteiger partial charge in [0.05, 0.1) is 10.6 Å². The van der Waals surface area contributed by atoms with E-state index in [1.807, 2.05) is 35.7 Å². The van der Waals surface area contributed by atoms with E-state index in [0.717, 1.165) is 19.5 Å². The van der Waals surface area contributed by atoms with E-state index in [1.54, 1.807) is 6.20 Å². The van der Waals surface area contributed by atoms with Gasteiger partial charge in [0.15, 0.2) is 0 Å². The summed E-state index contributed by atoms with van der Waals surface area (Å²) in [6, 6.07) is 9.75. The Kier molecular flexibility index (Phi) is 3.09. The Labute approximate surface area is 121 Å². The number of fused-ring (bicyclic) bond motifs is 1. The van der Waals surface area contributed by atoms with E-state index < -0.39 is 0 Å². The minimum absolute atomic E-state index is 0.0761. The second kappa shape index (κ2) is 4.74. The first-order valence-corrected chi connectivity index (χ1v) is 7.32. The lowest BCUT2D eigenvalue weighted by atomic mass is 10.1. The lowest BCUT2D eigenvalue weighted by Crippen LogP contribution is -2.10. The van der Waals surface area contributed by atoms with E-state index in [4.69, 9.17) is 0 Å². The number of anilines is 1. The lowest BCUT2D eigenvalue weighted by molar-refractivity contribution is 0.102.